The van der Waals surface area contributed by atoms with E-state index in [1.807, 2.05) is 0 Å². The zero-order valence-corrected chi connectivity index (χ0v) is 26.3. The number of hydrogen-bond acceptors (Lipinski definition) is 12. The largest absolute Gasteiger partial charge is 0.451 e. The fraction of sp³-hybridized carbons (Fsp3) is 0. The van der Waals surface area contributed by atoms with Crippen LogP contribution in [0.2, 0.25) is 0 Å². The fourth-order valence-electron chi connectivity index (χ4n) is 4.50. The molecule has 0 atom stereocenters. The first-order valence-corrected chi connectivity index (χ1v) is 14.4. The maximum absolute atomic E-state index is 15.0. The molecule has 274 valence electrons. The molecule has 0 bridgehead atoms. The predicted octanol–water partition coefficient (Wildman–Crippen LogP) is 7.97. The first-order chi connectivity index (χ1) is 25.5. The average Bonchev–Trinajstić information content (AvgIpc) is 3.15. The molecule has 0 aliphatic heterocycles. The van der Waals surface area contributed by atoms with Crippen LogP contribution >= 0.6 is 0 Å². The molecular formula is C32H16F4N6O12. The molecule has 5 rings (SSSR count). The first-order valence-electron chi connectivity index (χ1n) is 14.4. The standard InChI is InChI=1S/C32H16F4N6O12/c33-25-27(35)30(54-24-7-3-18(4-8-24)38-32(44)16-11-21(41(49)50)14-22(12-16)42(51)52)28(36)26(34)29(25)53-23-5-1-17(2-6-23)37-31(43)15-9-19(39(45)46)13-20(10-15)40(47)48/h1-14H,(H,37,43)(H,38,44). The predicted molar refractivity (Wildman–Crippen MR) is 175 cm³/mol. The lowest BCUT2D eigenvalue weighted by atomic mass is 10.1. The Kier molecular flexibility index (Phi) is 10.4. The second-order valence-electron chi connectivity index (χ2n) is 10.6. The van der Waals surface area contributed by atoms with Gasteiger partial charge in [0, 0.05) is 35.6 Å². The van der Waals surface area contributed by atoms with Gasteiger partial charge in [0.05, 0.1) is 43.0 Å². The Morgan fingerprint density at radius 3 is 0.963 bits per heavy atom. The molecule has 2 amide bonds. The lowest BCUT2D eigenvalue weighted by molar-refractivity contribution is -0.394. The van der Waals surface area contributed by atoms with Crippen molar-refractivity contribution in [1.82, 2.24) is 0 Å². The summed E-state index contributed by atoms with van der Waals surface area (Å²) in [6, 6.07) is 13.0. The molecule has 0 saturated heterocycles. The highest BCUT2D eigenvalue weighted by Crippen LogP contribution is 2.39. The molecular weight excluding hydrogens is 736 g/mol. The summed E-state index contributed by atoms with van der Waals surface area (Å²) in [4.78, 5) is 65.8. The molecule has 0 fully saturated rings. The molecule has 0 radical (unpaired) electrons. The molecule has 0 unspecified atom stereocenters. The van der Waals surface area contributed by atoms with E-state index in [2.05, 4.69) is 10.6 Å². The maximum Gasteiger partial charge on any atom is 0.277 e. The Balaban J connectivity index is 1.28. The molecule has 0 spiro atoms. The van der Waals surface area contributed by atoms with Crippen molar-refractivity contribution in [2.75, 3.05) is 10.6 Å². The van der Waals surface area contributed by atoms with Crippen LogP contribution in [0.15, 0.2) is 84.9 Å². The molecule has 0 aromatic heterocycles. The van der Waals surface area contributed by atoms with Gasteiger partial charge >= 0.3 is 0 Å². The van der Waals surface area contributed by atoms with Gasteiger partial charge in [0.25, 0.3) is 34.6 Å². The number of nitrogens with zero attached hydrogens (tertiary/aromatic N) is 4. The number of anilines is 2. The van der Waals surface area contributed by atoms with Crippen LogP contribution in [0, 0.1) is 63.7 Å². The number of non-ortho nitro benzene ring substituents is 4. The number of rotatable bonds is 12. The minimum atomic E-state index is -2.01. The topological polar surface area (TPSA) is 249 Å². The van der Waals surface area contributed by atoms with Gasteiger partial charge in [0.2, 0.25) is 34.8 Å². The van der Waals surface area contributed by atoms with Gasteiger partial charge in [0.1, 0.15) is 11.5 Å². The third-order valence-electron chi connectivity index (χ3n) is 7.02. The summed E-state index contributed by atoms with van der Waals surface area (Å²) in [5.74, 6) is -13.8. The first kappa shape index (κ1) is 37.2. The van der Waals surface area contributed by atoms with E-state index in [0.717, 1.165) is 72.8 Å². The van der Waals surface area contributed by atoms with Crippen molar-refractivity contribution >= 4 is 45.9 Å². The Hall–Kier alpha value is -8.04. The molecule has 5 aromatic rings. The van der Waals surface area contributed by atoms with Crippen molar-refractivity contribution in [3.63, 3.8) is 0 Å². The van der Waals surface area contributed by atoms with Crippen molar-refractivity contribution in [3.8, 4) is 23.0 Å². The number of carbonyl (C=O) groups is 2. The van der Waals surface area contributed by atoms with Crippen LogP contribution in [-0.2, 0) is 0 Å². The second-order valence-corrected chi connectivity index (χ2v) is 10.6. The molecule has 2 N–H and O–H groups in total. The number of ether oxygens (including phenoxy) is 2. The Bertz CT molecular complexity index is 2140. The summed E-state index contributed by atoms with van der Waals surface area (Å²) in [5, 5.41) is 49.0. The monoisotopic (exact) mass is 752 g/mol. The zero-order chi connectivity index (χ0) is 39.4. The van der Waals surface area contributed by atoms with E-state index in [1.54, 1.807) is 0 Å². The zero-order valence-electron chi connectivity index (χ0n) is 26.3. The van der Waals surface area contributed by atoms with E-state index in [1.165, 1.54) is 0 Å². The summed E-state index contributed by atoms with van der Waals surface area (Å²) in [6.07, 6.45) is 0. The van der Waals surface area contributed by atoms with Crippen LogP contribution in [0.4, 0.5) is 51.7 Å². The summed E-state index contributed by atoms with van der Waals surface area (Å²) >= 11 is 0. The highest BCUT2D eigenvalue weighted by molar-refractivity contribution is 6.05. The van der Waals surface area contributed by atoms with Crippen LogP contribution < -0.4 is 20.1 Å². The average molecular weight is 753 g/mol. The SMILES string of the molecule is O=C(Nc1ccc(Oc2c(F)c(F)c(Oc3ccc(NC(=O)c4cc([N+](=O)[O-])cc([N+](=O)[O-])c4)cc3)c(F)c2F)cc1)c1cc([N+](=O)[O-])cc([N+](=O)[O-])c1. The summed E-state index contributed by atoms with van der Waals surface area (Å²) in [6.45, 7) is 0. The minimum absolute atomic E-state index is 0.0258. The molecule has 18 nitrogen and oxygen atoms in total. The van der Waals surface area contributed by atoms with E-state index in [4.69, 9.17) is 9.47 Å². The Labute approximate surface area is 295 Å². The van der Waals surface area contributed by atoms with Gasteiger partial charge in [-0.1, -0.05) is 0 Å². The Morgan fingerprint density at radius 2 is 0.722 bits per heavy atom. The number of halogens is 4. The number of hydrogen-bond donors (Lipinski definition) is 2. The molecule has 0 aliphatic carbocycles. The summed E-state index contributed by atoms with van der Waals surface area (Å²) in [5.41, 5.74) is -3.83. The van der Waals surface area contributed by atoms with Crippen LogP contribution in [0.3, 0.4) is 0 Å². The van der Waals surface area contributed by atoms with Gasteiger partial charge < -0.3 is 20.1 Å². The number of amides is 2. The smallest absolute Gasteiger partial charge is 0.277 e. The van der Waals surface area contributed by atoms with Crippen molar-refractivity contribution in [2.24, 2.45) is 0 Å². The van der Waals surface area contributed by atoms with E-state index in [9.17, 15) is 67.6 Å². The maximum atomic E-state index is 15.0. The van der Waals surface area contributed by atoms with Crippen molar-refractivity contribution in [3.05, 3.63) is 160 Å². The molecule has 0 saturated carbocycles. The van der Waals surface area contributed by atoms with Gasteiger partial charge in [-0.3, -0.25) is 50.0 Å². The lowest BCUT2D eigenvalue weighted by Crippen LogP contribution is -2.12. The number of carbonyl (C=O) groups excluding carboxylic acids is 2. The van der Waals surface area contributed by atoms with E-state index in [-0.39, 0.29) is 22.9 Å². The quantitative estimate of drug-likeness (QED) is 0.0533. The number of nitro groups is 4. The third kappa shape index (κ3) is 8.12. The Morgan fingerprint density at radius 1 is 0.463 bits per heavy atom. The van der Waals surface area contributed by atoms with E-state index >= 15 is 0 Å². The highest BCUT2D eigenvalue weighted by atomic mass is 19.2. The van der Waals surface area contributed by atoms with Gasteiger partial charge in [-0.2, -0.15) is 17.6 Å². The third-order valence-corrected chi connectivity index (χ3v) is 7.02. The van der Waals surface area contributed by atoms with Gasteiger partial charge in [-0.25, -0.2) is 0 Å². The number of nitro benzene ring substituents is 4. The van der Waals surface area contributed by atoms with Crippen molar-refractivity contribution in [1.29, 1.82) is 0 Å². The second kappa shape index (κ2) is 15.1. The molecule has 5 aromatic carbocycles. The van der Waals surface area contributed by atoms with Crippen LogP contribution in [-0.4, -0.2) is 31.5 Å². The normalized spacial score (nSPS) is 10.6. The fourth-order valence-corrected chi connectivity index (χ4v) is 4.50. The van der Waals surface area contributed by atoms with Gasteiger partial charge in [-0.05, 0) is 48.5 Å². The molecule has 22 heteroatoms. The van der Waals surface area contributed by atoms with E-state index < -0.39 is 100 Å². The lowest BCUT2D eigenvalue weighted by Gasteiger charge is -2.14. The van der Waals surface area contributed by atoms with Crippen molar-refractivity contribution < 1.29 is 56.3 Å². The minimum Gasteiger partial charge on any atom is -0.451 e. The molecule has 0 heterocycles. The number of benzene rings is 5. The van der Waals surface area contributed by atoms with Crippen LogP contribution in [0.5, 0.6) is 23.0 Å². The van der Waals surface area contributed by atoms with Crippen LogP contribution in [0.1, 0.15) is 20.7 Å². The van der Waals surface area contributed by atoms with Crippen molar-refractivity contribution in [2.45, 2.75) is 0 Å². The molecule has 0 aliphatic rings. The summed E-state index contributed by atoms with van der Waals surface area (Å²) < 4.78 is 69.9. The summed E-state index contributed by atoms with van der Waals surface area (Å²) in [7, 11) is 0. The molecule has 54 heavy (non-hydrogen) atoms. The highest BCUT2D eigenvalue weighted by Gasteiger charge is 2.29. The number of nitrogens with one attached hydrogen (secondary N) is 2. The van der Waals surface area contributed by atoms with Gasteiger partial charge in [-0.15, -0.1) is 0 Å². The van der Waals surface area contributed by atoms with Gasteiger partial charge in [0.15, 0.2) is 0 Å². The van der Waals surface area contributed by atoms with Crippen LogP contribution in [0.25, 0.3) is 0 Å². The van der Waals surface area contributed by atoms with E-state index in [0.29, 0.717) is 12.1 Å².